The topological polar surface area (TPSA) is 72.8 Å². The van der Waals surface area contributed by atoms with Gasteiger partial charge < -0.3 is 14.6 Å². The third-order valence-corrected chi connectivity index (χ3v) is 8.32. The number of aliphatic hydroxyl groups excluding tert-OH is 1. The summed E-state index contributed by atoms with van der Waals surface area (Å²) in [6, 6.07) is 0. The van der Waals surface area contributed by atoms with Gasteiger partial charge in [-0.2, -0.15) is 0 Å². The van der Waals surface area contributed by atoms with Crippen molar-refractivity contribution in [1.82, 2.24) is 0 Å². The normalized spacial score (nSPS) is 54.4. The number of ketones is 1. The van der Waals surface area contributed by atoms with E-state index in [2.05, 4.69) is 13.5 Å². The maximum absolute atomic E-state index is 13.1. The summed E-state index contributed by atoms with van der Waals surface area (Å²) in [5.41, 5.74) is -0.919. The Morgan fingerprint density at radius 3 is 2.80 bits per heavy atom. The molecule has 2 saturated heterocycles. The number of rotatable bonds is 0. The Hall–Kier alpha value is -1.20. The highest BCUT2D eigenvalue weighted by atomic mass is 16.6. The second-order valence-electron chi connectivity index (χ2n) is 9.35. The molecule has 5 rings (SSSR count). The van der Waals surface area contributed by atoms with Crippen LogP contribution in [0.2, 0.25) is 0 Å². The van der Waals surface area contributed by atoms with Crippen LogP contribution in [0.1, 0.15) is 45.4 Å². The minimum absolute atomic E-state index is 0.0646. The molecular formula is C20H26O5. The van der Waals surface area contributed by atoms with E-state index in [1.165, 1.54) is 0 Å². The summed E-state index contributed by atoms with van der Waals surface area (Å²) in [5, 5.41) is 10.7. The highest BCUT2D eigenvalue weighted by Crippen LogP contribution is 2.69. The van der Waals surface area contributed by atoms with Crippen molar-refractivity contribution in [3.63, 3.8) is 0 Å². The van der Waals surface area contributed by atoms with E-state index in [1.807, 2.05) is 0 Å². The van der Waals surface area contributed by atoms with Crippen LogP contribution in [-0.4, -0.2) is 36.4 Å². The van der Waals surface area contributed by atoms with E-state index in [0.717, 1.165) is 32.1 Å². The van der Waals surface area contributed by atoms with Gasteiger partial charge in [-0.25, -0.2) is 0 Å². The number of esters is 1. The van der Waals surface area contributed by atoms with Gasteiger partial charge in [0.25, 0.3) is 0 Å². The fourth-order valence-electron chi connectivity index (χ4n) is 7.33. The van der Waals surface area contributed by atoms with Gasteiger partial charge in [-0.3, -0.25) is 9.59 Å². The first-order chi connectivity index (χ1) is 11.9. The summed E-state index contributed by atoms with van der Waals surface area (Å²) in [6.45, 7) is 7.02. The Morgan fingerprint density at radius 2 is 2.00 bits per heavy atom. The number of ether oxygens (including phenoxy) is 2. The van der Waals surface area contributed by atoms with Crippen LogP contribution in [0.3, 0.4) is 0 Å². The summed E-state index contributed by atoms with van der Waals surface area (Å²) in [7, 11) is 0. The first-order valence-electron chi connectivity index (χ1n) is 9.56. The molecule has 0 amide bonds. The molecule has 2 spiro atoms. The predicted molar refractivity (Wildman–Crippen MR) is 88.2 cm³/mol. The molecule has 0 aromatic carbocycles. The van der Waals surface area contributed by atoms with Crippen molar-refractivity contribution in [1.29, 1.82) is 0 Å². The summed E-state index contributed by atoms with van der Waals surface area (Å²) in [4.78, 5) is 26.0. The molecule has 5 heteroatoms. The molecule has 2 heterocycles. The quantitative estimate of drug-likeness (QED) is 0.414. The Balaban J connectivity index is 1.67. The average Bonchev–Trinajstić information content (AvgIpc) is 3.01. The van der Waals surface area contributed by atoms with Gasteiger partial charge in [-0.05, 0) is 54.9 Å². The van der Waals surface area contributed by atoms with E-state index < -0.39 is 11.7 Å². The third-order valence-electron chi connectivity index (χ3n) is 8.32. The first-order valence-corrected chi connectivity index (χ1v) is 9.56. The van der Waals surface area contributed by atoms with Crippen LogP contribution >= 0.6 is 0 Å². The standard InChI is InChI=1S/C20H26O5/c1-11-12-4-5-13-19(10-25-17(23)20(13,8-12)15(11)21)7-3-6-18(2)9-24-16(22)14(18)19/h12-14,16,22H,1,3-10H2,2H3/t12-,13+,14-,16-,18+,19-,20+/m1/s1. The van der Waals surface area contributed by atoms with Gasteiger partial charge in [-0.1, -0.05) is 19.9 Å². The van der Waals surface area contributed by atoms with Crippen molar-refractivity contribution in [2.45, 2.75) is 51.7 Å². The summed E-state index contributed by atoms with van der Waals surface area (Å²) in [6.07, 6.45) is 4.38. The van der Waals surface area contributed by atoms with Crippen LogP contribution in [0.4, 0.5) is 0 Å². The fourth-order valence-corrected chi connectivity index (χ4v) is 7.33. The second-order valence-corrected chi connectivity index (χ2v) is 9.35. The zero-order valence-electron chi connectivity index (χ0n) is 14.8. The van der Waals surface area contributed by atoms with Gasteiger partial charge in [-0.15, -0.1) is 0 Å². The van der Waals surface area contributed by atoms with Crippen molar-refractivity contribution >= 4 is 11.8 Å². The second kappa shape index (κ2) is 4.74. The number of hydrogen-bond donors (Lipinski definition) is 1. The molecule has 3 aliphatic carbocycles. The molecule has 1 N–H and O–H groups in total. The smallest absolute Gasteiger partial charge is 0.320 e. The molecule has 2 bridgehead atoms. The molecule has 5 aliphatic rings. The van der Waals surface area contributed by atoms with Crippen molar-refractivity contribution in [2.75, 3.05) is 13.2 Å². The van der Waals surface area contributed by atoms with E-state index in [-0.39, 0.29) is 40.3 Å². The van der Waals surface area contributed by atoms with Crippen molar-refractivity contribution < 1.29 is 24.2 Å². The van der Waals surface area contributed by atoms with E-state index in [1.54, 1.807) is 0 Å². The lowest BCUT2D eigenvalue weighted by atomic mass is 9.45. The third kappa shape index (κ3) is 1.67. The number of cyclic esters (lactones) is 1. The molecule has 5 nitrogen and oxygen atoms in total. The first kappa shape index (κ1) is 16.0. The highest BCUT2D eigenvalue weighted by Gasteiger charge is 2.73. The molecule has 2 aliphatic heterocycles. The number of Topliss-reactive ketones (excluding diaryl/α,β-unsaturated/α-hetero) is 1. The molecule has 136 valence electrons. The number of aliphatic hydroxyl groups is 1. The van der Waals surface area contributed by atoms with E-state index in [0.29, 0.717) is 25.2 Å². The van der Waals surface area contributed by atoms with Crippen molar-refractivity contribution in [3.05, 3.63) is 12.2 Å². The zero-order valence-corrected chi connectivity index (χ0v) is 14.8. The molecule has 0 radical (unpaired) electrons. The molecule has 7 atom stereocenters. The minimum Gasteiger partial charge on any atom is -0.464 e. The van der Waals surface area contributed by atoms with Crippen LogP contribution in [0.15, 0.2) is 12.2 Å². The van der Waals surface area contributed by atoms with Crippen LogP contribution < -0.4 is 0 Å². The molecule has 0 aromatic rings. The maximum Gasteiger partial charge on any atom is 0.320 e. The summed E-state index contributed by atoms with van der Waals surface area (Å²) < 4.78 is 11.4. The molecule has 0 aromatic heterocycles. The van der Waals surface area contributed by atoms with Crippen molar-refractivity contribution in [3.8, 4) is 0 Å². The maximum atomic E-state index is 13.1. The van der Waals surface area contributed by atoms with Crippen LogP contribution in [-0.2, 0) is 19.1 Å². The lowest BCUT2D eigenvalue weighted by molar-refractivity contribution is -0.225. The number of carbonyl (C=O) groups is 2. The van der Waals surface area contributed by atoms with Gasteiger partial charge in [0.2, 0.25) is 0 Å². The summed E-state index contributed by atoms with van der Waals surface area (Å²) >= 11 is 0. The van der Waals surface area contributed by atoms with E-state index >= 15 is 0 Å². The monoisotopic (exact) mass is 346 g/mol. The molecule has 5 fully saturated rings. The van der Waals surface area contributed by atoms with E-state index in [4.69, 9.17) is 9.47 Å². The van der Waals surface area contributed by atoms with Crippen LogP contribution in [0, 0.1) is 34.0 Å². The van der Waals surface area contributed by atoms with Gasteiger partial charge in [0.1, 0.15) is 5.41 Å². The van der Waals surface area contributed by atoms with Crippen molar-refractivity contribution in [2.24, 2.45) is 34.0 Å². The lowest BCUT2D eigenvalue weighted by Crippen LogP contribution is -2.64. The average molecular weight is 346 g/mol. The Kier molecular flexibility index (Phi) is 3.04. The fraction of sp³-hybridized carbons (Fsp3) is 0.800. The SMILES string of the molecule is C=C1C(=O)[C@]23C[C@H]1CC[C@H]2[C@@]1(CCC[C@@]2(C)CO[C@@H](O)[C@H]21)COC3=O. The number of allylic oxidation sites excluding steroid dienone is 1. The minimum atomic E-state index is -1.06. The predicted octanol–water partition coefficient (Wildman–Crippen LogP) is 2.23. The van der Waals surface area contributed by atoms with Gasteiger partial charge in [0.15, 0.2) is 12.1 Å². The molecule has 3 saturated carbocycles. The Labute approximate surface area is 147 Å². The largest absolute Gasteiger partial charge is 0.464 e. The van der Waals surface area contributed by atoms with Gasteiger partial charge in [0, 0.05) is 11.3 Å². The van der Waals surface area contributed by atoms with Gasteiger partial charge in [0.05, 0.1) is 13.2 Å². The molecule has 0 unspecified atom stereocenters. The number of hydrogen-bond acceptors (Lipinski definition) is 5. The molecule has 25 heavy (non-hydrogen) atoms. The van der Waals surface area contributed by atoms with Crippen LogP contribution in [0.5, 0.6) is 0 Å². The lowest BCUT2D eigenvalue weighted by Gasteiger charge is -2.60. The van der Waals surface area contributed by atoms with Gasteiger partial charge >= 0.3 is 5.97 Å². The number of fused-ring (bicyclic) bond motifs is 4. The molecular weight excluding hydrogens is 320 g/mol. The summed E-state index contributed by atoms with van der Waals surface area (Å²) in [5.74, 6) is -0.472. The Morgan fingerprint density at radius 1 is 1.20 bits per heavy atom. The van der Waals surface area contributed by atoms with Crippen LogP contribution in [0.25, 0.3) is 0 Å². The van der Waals surface area contributed by atoms with E-state index in [9.17, 15) is 14.7 Å². The Bertz CT molecular complexity index is 682. The zero-order chi connectivity index (χ0) is 17.6. The number of carbonyl (C=O) groups excluding carboxylic acids is 2. The highest BCUT2D eigenvalue weighted by molar-refractivity contribution is 6.15.